The van der Waals surface area contributed by atoms with Crippen LogP contribution in [0.15, 0.2) is 30.5 Å². The summed E-state index contributed by atoms with van der Waals surface area (Å²) in [6.45, 7) is 0. The first-order valence-corrected chi connectivity index (χ1v) is 4.78. The lowest BCUT2D eigenvalue weighted by Gasteiger charge is -2.09. The molecule has 4 heteroatoms. The highest BCUT2D eigenvalue weighted by Gasteiger charge is 2.16. The highest BCUT2D eigenvalue weighted by atomic mass is 16.5. The second-order valence-corrected chi connectivity index (χ2v) is 3.20. The first-order chi connectivity index (χ1) is 7.77. The zero-order valence-corrected chi connectivity index (χ0v) is 9.06. The van der Waals surface area contributed by atoms with Crippen LogP contribution in [0.4, 0.5) is 0 Å². The summed E-state index contributed by atoms with van der Waals surface area (Å²) >= 11 is 0. The number of aromatic nitrogens is 1. The minimum atomic E-state index is -0.421. The van der Waals surface area contributed by atoms with E-state index in [1.54, 1.807) is 24.4 Å². The fourth-order valence-electron chi connectivity index (χ4n) is 1.62. The van der Waals surface area contributed by atoms with E-state index in [2.05, 4.69) is 4.98 Å². The number of pyridine rings is 1. The van der Waals surface area contributed by atoms with Crippen LogP contribution in [0.5, 0.6) is 5.75 Å². The van der Waals surface area contributed by atoms with Gasteiger partial charge in [0, 0.05) is 11.6 Å². The van der Waals surface area contributed by atoms with Gasteiger partial charge in [-0.15, -0.1) is 0 Å². The van der Waals surface area contributed by atoms with Gasteiger partial charge in [0.25, 0.3) is 0 Å². The van der Waals surface area contributed by atoms with Crippen molar-refractivity contribution in [3.8, 4) is 5.75 Å². The number of benzene rings is 1. The SMILES string of the molecule is COC(=O)c1c(OC)ccc2ncccc12. The van der Waals surface area contributed by atoms with Gasteiger partial charge in [-0.05, 0) is 18.2 Å². The lowest BCUT2D eigenvalue weighted by atomic mass is 10.1. The van der Waals surface area contributed by atoms with Gasteiger partial charge >= 0.3 is 5.97 Å². The molecular weight excluding hydrogens is 206 g/mol. The number of methoxy groups -OCH3 is 2. The molecule has 0 bridgehead atoms. The van der Waals surface area contributed by atoms with Gasteiger partial charge in [-0.25, -0.2) is 4.79 Å². The van der Waals surface area contributed by atoms with E-state index in [1.807, 2.05) is 6.07 Å². The van der Waals surface area contributed by atoms with E-state index < -0.39 is 5.97 Å². The monoisotopic (exact) mass is 217 g/mol. The molecule has 0 N–H and O–H groups in total. The van der Waals surface area contributed by atoms with E-state index in [0.717, 1.165) is 10.9 Å². The molecule has 2 rings (SSSR count). The molecule has 0 aliphatic rings. The molecule has 0 atom stereocenters. The largest absolute Gasteiger partial charge is 0.496 e. The second-order valence-electron chi connectivity index (χ2n) is 3.20. The Morgan fingerprint density at radius 1 is 1.25 bits per heavy atom. The summed E-state index contributed by atoms with van der Waals surface area (Å²) in [5.41, 5.74) is 1.15. The van der Waals surface area contributed by atoms with Crippen molar-refractivity contribution in [1.82, 2.24) is 4.98 Å². The van der Waals surface area contributed by atoms with Crippen LogP contribution in [-0.2, 0) is 4.74 Å². The van der Waals surface area contributed by atoms with Gasteiger partial charge in [-0.2, -0.15) is 0 Å². The van der Waals surface area contributed by atoms with Gasteiger partial charge in [0.1, 0.15) is 11.3 Å². The van der Waals surface area contributed by atoms with Crippen LogP contribution < -0.4 is 4.74 Å². The fourth-order valence-corrected chi connectivity index (χ4v) is 1.62. The molecule has 0 fully saturated rings. The minimum absolute atomic E-state index is 0.413. The molecule has 0 radical (unpaired) electrons. The summed E-state index contributed by atoms with van der Waals surface area (Å²) < 4.78 is 9.89. The van der Waals surface area contributed by atoms with Gasteiger partial charge in [0.2, 0.25) is 0 Å². The predicted octanol–water partition coefficient (Wildman–Crippen LogP) is 2.03. The molecule has 0 aliphatic heterocycles. The Morgan fingerprint density at radius 3 is 2.75 bits per heavy atom. The van der Waals surface area contributed by atoms with E-state index >= 15 is 0 Å². The Morgan fingerprint density at radius 2 is 2.06 bits per heavy atom. The lowest BCUT2D eigenvalue weighted by Crippen LogP contribution is -2.05. The van der Waals surface area contributed by atoms with Crippen LogP contribution in [0.1, 0.15) is 10.4 Å². The number of esters is 1. The highest BCUT2D eigenvalue weighted by molar-refractivity contribution is 6.06. The van der Waals surface area contributed by atoms with Crippen molar-refractivity contribution in [2.75, 3.05) is 14.2 Å². The second kappa shape index (κ2) is 4.18. The predicted molar refractivity (Wildman–Crippen MR) is 59.6 cm³/mol. The Hall–Kier alpha value is -2.10. The van der Waals surface area contributed by atoms with Gasteiger partial charge in [-0.1, -0.05) is 6.07 Å². The van der Waals surface area contributed by atoms with Crippen LogP contribution in [0.2, 0.25) is 0 Å². The smallest absolute Gasteiger partial charge is 0.342 e. The Kier molecular flexibility index (Phi) is 2.72. The molecular formula is C12H11NO3. The zero-order chi connectivity index (χ0) is 11.5. The van der Waals surface area contributed by atoms with Crippen LogP contribution in [0.25, 0.3) is 10.9 Å². The fraction of sp³-hybridized carbons (Fsp3) is 0.167. The number of carbonyl (C=O) groups excluding carboxylic acids is 1. The van der Waals surface area contributed by atoms with E-state index in [9.17, 15) is 4.79 Å². The number of rotatable bonds is 2. The lowest BCUT2D eigenvalue weighted by molar-refractivity contribution is 0.0599. The van der Waals surface area contributed by atoms with Crippen molar-refractivity contribution in [1.29, 1.82) is 0 Å². The third-order valence-electron chi connectivity index (χ3n) is 2.36. The molecule has 0 aliphatic carbocycles. The van der Waals surface area contributed by atoms with Gasteiger partial charge < -0.3 is 9.47 Å². The number of fused-ring (bicyclic) bond motifs is 1. The van der Waals surface area contributed by atoms with Crippen molar-refractivity contribution in [2.24, 2.45) is 0 Å². The molecule has 0 saturated carbocycles. The maximum atomic E-state index is 11.7. The molecule has 4 nitrogen and oxygen atoms in total. The molecule has 1 heterocycles. The Bertz CT molecular complexity index is 537. The topological polar surface area (TPSA) is 48.4 Å². The zero-order valence-electron chi connectivity index (χ0n) is 9.06. The maximum Gasteiger partial charge on any atom is 0.342 e. The average Bonchev–Trinajstić information content (AvgIpc) is 2.36. The maximum absolute atomic E-state index is 11.7. The normalized spacial score (nSPS) is 10.1. The van der Waals surface area contributed by atoms with Gasteiger partial charge in [0.15, 0.2) is 0 Å². The van der Waals surface area contributed by atoms with Gasteiger partial charge in [-0.3, -0.25) is 4.98 Å². The quantitative estimate of drug-likeness (QED) is 0.722. The summed E-state index contributed by atoms with van der Waals surface area (Å²) in [6.07, 6.45) is 1.68. The van der Waals surface area contributed by atoms with Gasteiger partial charge in [0.05, 0.1) is 19.7 Å². The Balaban J connectivity index is 2.78. The molecule has 0 amide bonds. The molecule has 16 heavy (non-hydrogen) atoms. The van der Waals surface area contributed by atoms with Crippen LogP contribution in [0.3, 0.4) is 0 Å². The summed E-state index contributed by atoms with van der Waals surface area (Å²) in [5, 5.41) is 0.730. The minimum Gasteiger partial charge on any atom is -0.496 e. The van der Waals surface area contributed by atoms with E-state index in [4.69, 9.17) is 9.47 Å². The third kappa shape index (κ3) is 1.58. The van der Waals surface area contributed by atoms with Crippen molar-refractivity contribution < 1.29 is 14.3 Å². The van der Waals surface area contributed by atoms with E-state index in [-0.39, 0.29) is 0 Å². The summed E-state index contributed by atoms with van der Waals surface area (Å²) in [6, 6.07) is 7.10. The summed E-state index contributed by atoms with van der Waals surface area (Å²) in [7, 11) is 2.86. The number of hydrogen-bond donors (Lipinski definition) is 0. The molecule has 0 unspecified atom stereocenters. The first kappa shape index (κ1) is 10.4. The van der Waals surface area contributed by atoms with Crippen LogP contribution >= 0.6 is 0 Å². The molecule has 1 aromatic heterocycles. The van der Waals surface area contributed by atoms with Crippen molar-refractivity contribution >= 4 is 16.9 Å². The van der Waals surface area contributed by atoms with E-state index in [1.165, 1.54) is 14.2 Å². The highest BCUT2D eigenvalue weighted by Crippen LogP contribution is 2.27. The summed E-state index contributed by atoms with van der Waals surface area (Å²) in [5.74, 6) is 0.0720. The van der Waals surface area contributed by atoms with Crippen LogP contribution in [-0.4, -0.2) is 25.2 Å². The first-order valence-electron chi connectivity index (χ1n) is 4.78. The molecule has 0 saturated heterocycles. The van der Waals surface area contributed by atoms with Crippen LogP contribution in [0, 0.1) is 0 Å². The summed E-state index contributed by atoms with van der Waals surface area (Å²) in [4.78, 5) is 15.8. The average molecular weight is 217 g/mol. The Labute approximate surface area is 92.8 Å². The van der Waals surface area contributed by atoms with E-state index in [0.29, 0.717) is 11.3 Å². The number of ether oxygens (including phenoxy) is 2. The number of hydrogen-bond acceptors (Lipinski definition) is 4. The van der Waals surface area contributed by atoms with Crippen molar-refractivity contribution in [2.45, 2.75) is 0 Å². The molecule has 0 spiro atoms. The van der Waals surface area contributed by atoms with Crippen molar-refractivity contribution in [3.05, 3.63) is 36.0 Å². The number of nitrogens with zero attached hydrogens (tertiary/aromatic N) is 1. The third-order valence-corrected chi connectivity index (χ3v) is 2.36. The standard InChI is InChI=1S/C12H11NO3/c1-15-10-6-5-9-8(4-3-7-13-9)11(10)12(14)16-2/h3-7H,1-2H3. The number of carbonyl (C=O) groups is 1. The molecule has 82 valence electrons. The molecule has 1 aromatic carbocycles. The molecule has 2 aromatic rings. The van der Waals surface area contributed by atoms with Crippen molar-refractivity contribution in [3.63, 3.8) is 0 Å².